The van der Waals surface area contributed by atoms with Crippen molar-refractivity contribution in [3.05, 3.63) is 88.4 Å². The Morgan fingerprint density at radius 3 is 2.39 bits per heavy atom. The van der Waals surface area contributed by atoms with E-state index < -0.39 is 0 Å². The Bertz CT molecular complexity index is 1040. The van der Waals surface area contributed by atoms with Gasteiger partial charge in [0.1, 0.15) is 0 Å². The first-order valence-corrected chi connectivity index (χ1v) is 11.9. The van der Waals surface area contributed by atoms with Gasteiger partial charge >= 0.3 is 0 Å². The number of benzene rings is 3. The summed E-state index contributed by atoms with van der Waals surface area (Å²) in [5.41, 5.74) is 2.02. The fourth-order valence-corrected chi connectivity index (χ4v) is 5.00. The van der Waals surface area contributed by atoms with Crippen molar-refractivity contribution in [2.24, 2.45) is 5.92 Å². The summed E-state index contributed by atoms with van der Waals surface area (Å²) in [5.74, 6) is 0.134. The lowest BCUT2D eigenvalue weighted by Gasteiger charge is -2.31. The van der Waals surface area contributed by atoms with E-state index in [4.69, 9.17) is 23.2 Å². The Balaban J connectivity index is 1.33. The molecule has 31 heavy (non-hydrogen) atoms. The summed E-state index contributed by atoms with van der Waals surface area (Å²) in [7, 11) is 0. The van der Waals surface area contributed by atoms with Crippen molar-refractivity contribution in [3.63, 3.8) is 0 Å². The van der Waals surface area contributed by atoms with Crippen LogP contribution >= 0.6 is 35.0 Å². The van der Waals surface area contributed by atoms with Gasteiger partial charge in [0.15, 0.2) is 0 Å². The third kappa shape index (κ3) is 6.05. The van der Waals surface area contributed by atoms with E-state index in [0.717, 1.165) is 53.5 Å². The summed E-state index contributed by atoms with van der Waals surface area (Å²) in [6.45, 7) is 2.60. The fraction of sp³-hybridized carbons (Fsp3) is 0.240. The van der Waals surface area contributed by atoms with E-state index in [1.54, 1.807) is 11.8 Å². The van der Waals surface area contributed by atoms with Crippen molar-refractivity contribution >= 4 is 46.6 Å². The molecule has 1 aliphatic heterocycles. The first kappa shape index (κ1) is 22.2. The van der Waals surface area contributed by atoms with Crippen molar-refractivity contribution in [3.8, 4) is 0 Å². The Kier molecular flexibility index (Phi) is 7.57. The largest absolute Gasteiger partial charge is 0.325 e. The maximum Gasteiger partial charge on any atom is 0.227 e. The van der Waals surface area contributed by atoms with Crippen LogP contribution in [-0.4, -0.2) is 23.9 Å². The van der Waals surface area contributed by atoms with Crippen LogP contribution < -0.4 is 5.32 Å². The zero-order valence-electron chi connectivity index (χ0n) is 17.1. The van der Waals surface area contributed by atoms with Crippen molar-refractivity contribution in [1.29, 1.82) is 0 Å². The van der Waals surface area contributed by atoms with Crippen molar-refractivity contribution in [1.82, 2.24) is 4.90 Å². The van der Waals surface area contributed by atoms with Gasteiger partial charge in [-0.25, -0.2) is 0 Å². The van der Waals surface area contributed by atoms with Crippen LogP contribution in [0.5, 0.6) is 0 Å². The molecule has 3 aromatic carbocycles. The molecule has 3 aromatic rings. The number of carbonyl (C=O) groups is 1. The number of hydrogen-bond donors (Lipinski definition) is 1. The molecule has 0 radical (unpaired) electrons. The van der Waals surface area contributed by atoms with E-state index in [1.807, 2.05) is 60.7 Å². The van der Waals surface area contributed by atoms with Crippen molar-refractivity contribution < 1.29 is 4.79 Å². The van der Waals surface area contributed by atoms with Gasteiger partial charge in [-0.2, -0.15) is 0 Å². The molecule has 0 saturated carbocycles. The lowest BCUT2D eigenvalue weighted by Crippen LogP contribution is -2.37. The standard InChI is InChI=1S/C25H24Cl2N2OS/c26-21-11-10-18(16-22(21)27)17-29-14-12-19(13-15-29)25(30)28-23-8-4-5-9-24(23)31-20-6-2-1-3-7-20/h1-11,16,19H,12-15,17H2,(H,28,30). The average Bonchev–Trinajstić information content (AvgIpc) is 2.79. The highest BCUT2D eigenvalue weighted by atomic mass is 35.5. The summed E-state index contributed by atoms with van der Waals surface area (Å²) in [5, 5.41) is 4.33. The van der Waals surface area contributed by atoms with Crippen LogP contribution in [-0.2, 0) is 11.3 Å². The molecule has 0 aromatic heterocycles. The number of rotatable bonds is 6. The number of halogens is 2. The molecular formula is C25H24Cl2N2OS. The number of nitrogens with zero attached hydrogens (tertiary/aromatic N) is 1. The Labute approximate surface area is 197 Å². The molecule has 4 rings (SSSR count). The highest BCUT2D eigenvalue weighted by Gasteiger charge is 2.25. The van der Waals surface area contributed by atoms with Gasteiger partial charge in [-0.05, 0) is 67.9 Å². The smallest absolute Gasteiger partial charge is 0.227 e. The Morgan fingerprint density at radius 2 is 1.65 bits per heavy atom. The third-order valence-corrected chi connectivity index (χ3v) is 7.29. The highest BCUT2D eigenvalue weighted by molar-refractivity contribution is 7.99. The fourth-order valence-electron chi connectivity index (χ4n) is 3.76. The van der Waals surface area contributed by atoms with E-state index in [2.05, 4.69) is 22.3 Å². The minimum absolute atomic E-state index is 0.0276. The van der Waals surface area contributed by atoms with Crippen LogP contribution in [0, 0.1) is 5.92 Å². The minimum Gasteiger partial charge on any atom is -0.325 e. The number of para-hydroxylation sites is 1. The number of nitrogens with one attached hydrogen (secondary N) is 1. The summed E-state index contributed by atoms with van der Waals surface area (Å²) < 4.78 is 0. The first-order valence-electron chi connectivity index (χ1n) is 10.4. The van der Waals surface area contributed by atoms with Crippen molar-refractivity contribution in [2.45, 2.75) is 29.2 Å². The van der Waals surface area contributed by atoms with E-state index >= 15 is 0 Å². The number of carbonyl (C=O) groups excluding carboxylic acids is 1. The van der Waals surface area contributed by atoms with Gasteiger partial charge in [-0.1, -0.05) is 71.4 Å². The van der Waals surface area contributed by atoms with Crippen LogP contribution in [0.1, 0.15) is 18.4 Å². The van der Waals surface area contributed by atoms with Crippen LogP contribution in [0.2, 0.25) is 10.0 Å². The first-order chi connectivity index (χ1) is 15.1. The van der Waals surface area contributed by atoms with E-state index in [1.165, 1.54) is 0 Å². The van der Waals surface area contributed by atoms with Gasteiger partial charge < -0.3 is 5.32 Å². The molecule has 1 amide bonds. The van der Waals surface area contributed by atoms with E-state index in [-0.39, 0.29) is 11.8 Å². The molecule has 6 heteroatoms. The maximum atomic E-state index is 12.9. The van der Waals surface area contributed by atoms with E-state index in [9.17, 15) is 4.79 Å². The second-order valence-corrected chi connectivity index (χ2v) is 9.63. The summed E-state index contributed by atoms with van der Waals surface area (Å²) in [6.07, 6.45) is 1.70. The predicted octanol–water partition coefficient (Wildman–Crippen LogP) is 7.00. The molecule has 160 valence electrons. The van der Waals surface area contributed by atoms with Crippen LogP contribution in [0.4, 0.5) is 5.69 Å². The summed E-state index contributed by atoms with van der Waals surface area (Å²) in [4.78, 5) is 17.5. The maximum absolute atomic E-state index is 12.9. The molecule has 1 aliphatic rings. The molecule has 1 heterocycles. The van der Waals surface area contributed by atoms with E-state index in [0.29, 0.717) is 10.0 Å². The number of anilines is 1. The van der Waals surface area contributed by atoms with Crippen molar-refractivity contribution in [2.75, 3.05) is 18.4 Å². The normalized spacial score (nSPS) is 15.0. The van der Waals surface area contributed by atoms with Crippen LogP contribution in [0.25, 0.3) is 0 Å². The number of hydrogen-bond acceptors (Lipinski definition) is 3. The second kappa shape index (κ2) is 10.6. The number of amides is 1. The molecule has 0 atom stereocenters. The van der Waals surface area contributed by atoms with Gasteiger partial charge in [0.05, 0.1) is 15.7 Å². The second-order valence-electron chi connectivity index (χ2n) is 7.70. The molecule has 1 fully saturated rings. The quantitative estimate of drug-likeness (QED) is 0.420. The Hall–Kier alpha value is -1.98. The zero-order chi connectivity index (χ0) is 21.6. The molecule has 0 unspecified atom stereocenters. The lowest BCUT2D eigenvalue weighted by molar-refractivity contribution is -0.121. The predicted molar refractivity (Wildman–Crippen MR) is 130 cm³/mol. The molecule has 0 bridgehead atoms. The topological polar surface area (TPSA) is 32.3 Å². The van der Waals surface area contributed by atoms with Gasteiger partial charge in [0.25, 0.3) is 0 Å². The lowest BCUT2D eigenvalue weighted by atomic mass is 9.95. The average molecular weight is 471 g/mol. The molecule has 0 spiro atoms. The summed E-state index contributed by atoms with van der Waals surface area (Å²) >= 11 is 13.8. The monoisotopic (exact) mass is 470 g/mol. The highest BCUT2D eigenvalue weighted by Crippen LogP contribution is 2.34. The molecular weight excluding hydrogens is 447 g/mol. The molecule has 1 saturated heterocycles. The Morgan fingerprint density at radius 1 is 0.935 bits per heavy atom. The van der Waals surface area contributed by atoms with Gasteiger partial charge in [-0.15, -0.1) is 0 Å². The molecule has 0 aliphatic carbocycles. The van der Waals surface area contributed by atoms with Gasteiger partial charge in [0, 0.05) is 22.3 Å². The summed E-state index contributed by atoms with van der Waals surface area (Å²) in [6, 6.07) is 24.0. The SMILES string of the molecule is O=C(Nc1ccccc1Sc1ccccc1)C1CCN(Cc2ccc(Cl)c(Cl)c2)CC1. The number of likely N-dealkylation sites (tertiary alicyclic amines) is 1. The van der Waals surface area contributed by atoms with Crippen LogP contribution in [0.3, 0.4) is 0 Å². The van der Waals surface area contributed by atoms with Gasteiger partial charge in [-0.3, -0.25) is 9.69 Å². The molecule has 1 N–H and O–H groups in total. The van der Waals surface area contributed by atoms with Crippen LogP contribution in [0.15, 0.2) is 82.6 Å². The molecule has 3 nitrogen and oxygen atoms in total. The minimum atomic E-state index is 0.0276. The third-order valence-electron chi connectivity index (χ3n) is 5.46. The zero-order valence-corrected chi connectivity index (χ0v) is 19.4. The van der Waals surface area contributed by atoms with Gasteiger partial charge in [0.2, 0.25) is 5.91 Å². The number of piperidine rings is 1.